The Balaban J connectivity index is 1.10. The topological polar surface area (TPSA) is 48.5 Å². The summed E-state index contributed by atoms with van der Waals surface area (Å²) < 4.78 is 60.8. The summed E-state index contributed by atoms with van der Waals surface area (Å²) in [6.07, 6.45) is 0. The first-order valence-corrected chi connectivity index (χ1v) is 21.5. The van der Waals surface area contributed by atoms with E-state index in [0.717, 1.165) is 69.9 Å². The Hall–Kier alpha value is -8.19. The summed E-state index contributed by atoms with van der Waals surface area (Å²) in [5.41, 5.74) is 8.21. The van der Waals surface area contributed by atoms with Crippen molar-refractivity contribution in [3.05, 3.63) is 212 Å². The van der Waals surface area contributed by atoms with Crippen molar-refractivity contribution in [3.63, 3.8) is 0 Å². The molecule has 0 fully saturated rings. The van der Waals surface area contributed by atoms with Crippen molar-refractivity contribution in [3.8, 4) is 56.7 Å². The van der Waals surface area contributed by atoms with Crippen LogP contribution in [0.1, 0.15) is 8.22 Å². The van der Waals surface area contributed by atoms with Gasteiger partial charge in [-0.25, -0.2) is 15.0 Å². The van der Waals surface area contributed by atoms with E-state index in [1.165, 1.54) is 12.1 Å². The Morgan fingerprint density at radius 2 is 0.984 bits per heavy atom. The molecule has 6 heteroatoms. The molecule has 0 atom stereocenters. The largest absolute Gasteiger partial charge is 0.309 e. The smallest absolute Gasteiger partial charge is 0.164 e. The van der Waals surface area contributed by atoms with Crippen molar-refractivity contribution in [1.29, 1.82) is 0 Å². The first-order chi connectivity index (χ1) is 33.7. The lowest BCUT2D eigenvalue weighted by Crippen LogP contribution is -2.02. The van der Waals surface area contributed by atoms with Gasteiger partial charge in [-0.1, -0.05) is 152 Å². The molecule has 0 amide bonds. The van der Waals surface area contributed by atoms with E-state index in [9.17, 15) is 5.48 Å². The number of thiophene rings is 1. The lowest BCUT2D eigenvalue weighted by molar-refractivity contribution is 1.07. The first-order valence-electron chi connectivity index (χ1n) is 23.7. The third-order valence-electron chi connectivity index (χ3n) is 11.9. The van der Waals surface area contributed by atoms with Crippen LogP contribution < -0.4 is 0 Å². The molecular formula is C57H35N5S. The third-order valence-corrected chi connectivity index (χ3v) is 13.2. The SMILES string of the molecule is [2H]c1cc([2H])c2c(c1[2H])c1c([2H])c([2H])cc([2H])c1n2-c1cc(-c2nc(-c3ccccc3)nc(-c3ccc4c(c3)c3ccccc3n4-c3ccccc3)n2)ccc1-c1cccc2c1sc1ccccc12. The molecule has 0 bridgehead atoms. The molecule has 13 rings (SSSR count). The Bertz CT molecular complexity index is 4210. The molecule has 0 radical (unpaired) electrons. The van der Waals surface area contributed by atoms with Gasteiger partial charge in [0, 0.05) is 75.2 Å². The van der Waals surface area contributed by atoms with E-state index in [1.54, 1.807) is 15.9 Å². The zero-order valence-corrected chi connectivity index (χ0v) is 34.2. The summed E-state index contributed by atoms with van der Waals surface area (Å²) in [6, 6.07) is 57.2. The Morgan fingerprint density at radius 3 is 1.75 bits per heavy atom. The minimum absolute atomic E-state index is 0.0400. The van der Waals surface area contributed by atoms with Crippen molar-refractivity contribution in [1.82, 2.24) is 24.1 Å². The van der Waals surface area contributed by atoms with E-state index in [0.29, 0.717) is 28.7 Å². The molecule has 0 aliphatic carbocycles. The van der Waals surface area contributed by atoms with Crippen LogP contribution in [-0.2, 0) is 0 Å². The van der Waals surface area contributed by atoms with Gasteiger partial charge in [0.15, 0.2) is 17.5 Å². The zero-order valence-electron chi connectivity index (χ0n) is 39.4. The van der Waals surface area contributed by atoms with E-state index in [2.05, 4.69) is 83.4 Å². The van der Waals surface area contributed by atoms with Gasteiger partial charge in [0.25, 0.3) is 0 Å². The van der Waals surface area contributed by atoms with E-state index in [4.69, 9.17) is 17.7 Å². The molecule has 0 aliphatic rings. The lowest BCUT2D eigenvalue weighted by atomic mass is 9.98. The molecule has 0 unspecified atom stereocenters. The Morgan fingerprint density at radius 1 is 0.381 bits per heavy atom. The van der Waals surface area contributed by atoms with Crippen LogP contribution in [0.3, 0.4) is 0 Å². The van der Waals surface area contributed by atoms with Crippen LogP contribution in [0.25, 0.3) is 120 Å². The van der Waals surface area contributed by atoms with Crippen LogP contribution in [0.4, 0.5) is 0 Å². The fourth-order valence-corrected chi connectivity index (χ4v) is 10.3. The molecule has 9 aromatic carbocycles. The standard InChI is InChI=1S/C57H35N5S/c1-3-16-36(17-4-1)55-58-56(37-31-33-51-47(34-37)42-22-9-11-26-48(42)61(51)39-18-5-2-6-19-39)60-57(59-55)38-30-32-43(45-24-15-25-46-44-23-10-14-29-53(44)63-54(45)46)52(35-38)62-49-27-12-7-20-40(49)41-21-8-13-28-50(41)62/h1-35H/i7D,8D,20D,21D,27D,28D. The van der Waals surface area contributed by atoms with Gasteiger partial charge in [-0.3, -0.25) is 0 Å². The van der Waals surface area contributed by atoms with Gasteiger partial charge in [-0.15, -0.1) is 11.3 Å². The third kappa shape index (κ3) is 5.66. The fraction of sp³-hybridized carbons (Fsp3) is 0. The molecule has 294 valence electrons. The maximum Gasteiger partial charge on any atom is 0.164 e. The molecule has 4 aromatic heterocycles. The van der Waals surface area contributed by atoms with Gasteiger partial charge in [-0.2, -0.15) is 0 Å². The summed E-state index contributed by atoms with van der Waals surface area (Å²) in [7, 11) is 0. The molecule has 5 nitrogen and oxygen atoms in total. The van der Waals surface area contributed by atoms with Gasteiger partial charge in [0.05, 0.1) is 36.0 Å². The van der Waals surface area contributed by atoms with Gasteiger partial charge < -0.3 is 9.13 Å². The molecular weight excluding hydrogens is 787 g/mol. The second-order valence-corrected chi connectivity index (χ2v) is 16.6. The average Bonchev–Trinajstić information content (AvgIpc) is 4.06. The van der Waals surface area contributed by atoms with Crippen LogP contribution >= 0.6 is 11.3 Å². The van der Waals surface area contributed by atoms with Crippen molar-refractivity contribution in [2.75, 3.05) is 0 Å². The number of fused-ring (bicyclic) bond motifs is 9. The Labute approximate surface area is 374 Å². The average molecular weight is 828 g/mol. The maximum atomic E-state index is 9.39. The number of aromatic nitrogens is 5. The van der Waals surface area contributed by atoms with E-state index in [-0.39, 0.29) is 58.1 Å². The molecule has 0 spiro atoms. The molecule has 4 heterocycles. The van der Waals surface area contributed by atoms with Gasteiger partial charge in [0.2, 0.25) is 0 Å². The number of hydrogen-bond acceptors (Lipinski definition) is 4. The maximum absolute atomic E-state index is 9.39. The second kappa shape index (κ2) is 14.2. The van der Waals surface area contributed by atoms with Crippen molar-refractivity contribution in [2.45, 2.75) is 0 Å². The van der Waals surface area contributed by atoms with Crippen LogP contribution in [0.2, 0.25) is 0 Å². The van der Waals surface area contributed by atoms with E-state index < -0.39 is 0 Å². The highest BCUT2D eigenvalue weighted by Crippen LogP contribution is 2.44. The van der Waals surface area contributed by atoms with E-state index >= 15 is 0 Å². The fourth-order valence-electron chi connectivity index (χ4n) is 9.12. The monoisotopic (exact) mass is 827 g/mol. The number of nitrogens with zero attached hydrogens (tertiary/aromatic N) is 5. The number of rotatable bonds is 6. The summed E-state index contributed by atoms with van der Waals surface area (Å²) >= 11 is 1.69. The van der Waals surface area contributed by atoms with Crippen LogP contribution in [0.15, 0.2) is 212 Å². The van der Waals surface area contributed by atoms with Crippen LogP contribution in [0.5, 0.6) is 0 Å². The minimum Gasteiger partial charge on any atom is -0.309 e. The highest BCUT2D eigenvalue weighted by molar-refractivity contribution is 7.26. The Kier molecular flexibility index (Phi) is 6.75. The predicted molar refractivity (Wildman–Crippen MR) is 263 cm³/mol. The van der Waals surface area contributed by atoms with Crippen molar-refractivity contribution < 1.29 is 8.22 Å². The van der Waals surface area contributed by atoms with Gasteiger partial charge in [-0.05, 0) is 60.6 Å². The number of para-hydroxylation sites is 4. The second-order valence-electron chi connectivity index (χ2n) is 15.5. The highest BCUT2D eigenvalue weighted by atomic mass is 32.1. The van der Waals surface area contributed by atoms with Crippen molar-refractivity contribution >= 4 is 75.1 Å². The number of benzene rings is 9. The highest BCUT2D eigenvalue weighted by Gasteiger charge is 2.21. The summed E-state index contributed by atoms with van der Waals surface area (Å²) in [6.45, 7) is 0. The van der Waals surface area contributed by atoms with Crippen molar-refractivity contribution in [2.24, 2.45) is 0 Å². The zero-order chi connectivity index (χ0) is 46.7. The predicted octanol–water partition coefficient (Wildman–Crippen LogP) is 15.1. The molecule has 13 aromatic rings. The molecule has 63 heavy (non-hydrogen) atoms. The van der Waals surface area contributed by atoms with Gasteiger partial charge in [0.1, 0.15) is 0 Å². The molecule has 0 saturated heterocycles. The molecule has 0 aliphatic heterocycles. The molecule has 0 saturated carbocycles. The number of hydrogen-bond donors (Lipinski definition) is 0. The lowest BCUT2D eigenvalue weighted by Gasteiger charge is -2.17. The summed E-state index contributed by atoms with van der Waals surface area (Å²) in [4.78, 5) is 15.5. The normalized spacial score (nSPS) is 13.1. The first kappa shape index (κ1) is 29.9. The summed E-state index contributed by atoms with van der Waals surface area (Å²) in [5.74, 6) is 1.34. The van der Waals surface area contributed by atoms with E-state index in [1.807, 2.05) is 84.9 Å². The van der Waals surface area contributed by atoms with Gasteiger partial charge >= 0.3 is 0 Å². The summed E-state index contributed by atoms with van der Waals surface area (Å²) in [5, 5.41) is 4.74. The van der Waals surface area contributed by atoms with Crippen LogP contribution in [0, 0.1) is 0 Å². The quantitative estimate of drug-likeness (QED) is 0.168. The minimum atomic E-state index is -0.175. The van der Waals surface area contributed by atoms with Crippen LogP contribution in [-0.4, -0.2) is 24.1 Å². The molecule has 0 N–H and O–H groups in total.